The number of methoxy groups -OCH3 is 1. The van der Waals surface area contributed by atoms with E-state index in [0.29, 0.717) is 35.2 Å². The predicted molar refractivity (Wildman–Crippen MR) is 82.4 cm³/mol. The molecule has 1 heterocycles. The molecule has 1 aliphatic heterocycles. The molecule has 5 nitrogen and oxygen atoms in total. The molecule has 2 atom stereocenters. The number of carbonyl (C=O) groups excluding carboxylic acids is 1. The Hall–Kier alpha value is -1.82. The van der Waals surface area contributed by atoms with Gasteiger partial charge in [0.15, 0.2) is 11.5 Å². The molecular formula is C15H19NO4S. The fourth-order valence-electron chi connectivity index (χ4n) is 2.12. The van der Waals surface area contributed by atoms with Crippen molar-refractivity contribution < 1.29 is 18.5 Å². The predicted octanol–water partition coefficient (Wildman–Crippen LogP) is 1.51. The van der Waals surface area contributed by atoms with Crippen molar-refractivity contribution in [3.05, 3.63) is 36.4 Å². The van der Waals surface area contributed by atoms with Crippen LogP contribution in [0, 0.1) is 0 Å². The average Bonchev–Trinajstić information content (AvgIpc) is 2.90. The smallest absolute Gasteiger partial charge is 0.251 e. The molecule has 0 aliphatic carbocycles. The molecule has 0 bridgehead atoms. The first-order valence-electron chi connectivity index (χ1n) is 6.71. The van der Waals surface area contributed by atoms with Gasteiger partial charge >= 0.3 is 0 Å². The van der Waals surface area contributed by atoms with Gasteiger partial charge < -0.3 is 14.8 Å². The van der Waals surface area contributed by atoms with E-state index in [4.69, 9.17) is 9.47 Å². The lowest BCUT2D eigenvalue weighted by atomic mass is 10.1. The second-order valence-electron chi connectivity index (χ2n) is 4.73. The van der Waals surface area contributed by atoms with Crippen LogP contribution in [0.4, 0.5) is 0 Å². The van der Waals surface area contributed by atoms with E-state index in [1.165, 1.54) is 7.11 Å². The zero-order valence-corrected chi connectivity index (χ0v) is 12.8. The molecule has 6 heteroatoms. The van der Waals surface area contributed by atoms with Crippen LogP contribution in [-0.2, 0) is 10.8 Å². The molecule has 1 aliphatic rings. The Morgan fingerprint density at radius 3 is 2.95 bits per heavy atom. The molecule has 0 unspecified atom stereocenters. The van der Waals surface area contributed by atoms with Gasteiger partial charge in [-0.1, -0.05) is 12.7 Å². The van der Waals surface area contributed by atoms with E-state index in [2.05, 4.69) is 11.9 Å². The van der Waals surface area contributed by atoms with Crippen LogP contribution in [-0.4, -0.2) is 41.4 Å². The first-order valence-corrected chi connectivity index (χ1v) is 8.20. The van der Waals surface area contributed by atoms with Gasteiger partial charge in [-0.15, -0.1) is 0 Å². The van der Waals surface area contributed by atoms with E-state index in [1.54, 1.807) is 24.3 Å². The number of rotatable bonds is 6. The molecule has 1 aromatic carbocycles. The Labute approximate surface area is 126 Å². The monoisotopic (exact) mass is 309 g/mol. The summed E-state index contributed by atoms with van der Waals surface area (Å²) in [6, 6.07) is 5.01. The molecule has 0 aromatic heterocycles. The molecule has 1 saturated heterocycles. The third kappa shape index (κ3) is 4.07. The van der Waals surface area contributed by atoms with Crippen LogP contribution >= 0.6 is 0 Å². The van der Waals surface area contributed by atoms with Gasteiger partial charge in [-0.25, -0.2) is 0 Å². The fourth-order valence-corrected chi connectivity index (χ4v) is 3.54. The molecule has 0 saturated carbocycles. The summed E-state index contributed by atoms with van der Waals surface area (Å²) in [5, 5.41) is 2.89. The minimum atomic E-state index is -0.808. The molecule has 1 fully saturated rings. The molecule has 1 amide bonds. The number of carbonyl (C=O) groups is 1. The minimum Gasteiger partial charge on any atom is -0.493 e. The molecule has 21 heavy (non-hydrogen) atoms. The van der Waals surface area contributed by atoms with E-state index < -0.39 is 10.8 Å². The number of hydrogen-bond donors (Lipinski definition) is 1. The van der Waals surface area contributed by atoms with Crippen molar-refractivity contribution in [1.82, 2.24) is 5.32 Å². The van der Waals surface area contributed by atoms with Crippen LogP contribution in [0.15, 0.2) is 30.9 Å². The van der Waals surface area contributed by atoms with Crippen molar-refractivity contribution in [3.8, 4) is 11.5 Å². The highest BCUT2D eigenvalue weighted by atomic mass is 32.2. The van der Waals surface area contributed by atoms with Gasteiger partial charge in [-0.2, -0.15) is 0 Å². The number of amides is 1. The third-order valence-corrected chi connectivity index (χ3v) is 4.66. The standard InChI is InChI=1S/C15H19NO4S/c1-3-7-20-13-5-4-11(9-14(13)19-2)15(17)16-12-6-8-21(18)10-12/h3-5,9,12H,1,6-8,10H2,2H3,(H,16,17)/t12-,21-/m1/s1. The van der Waals surface area contributed by atoms with Crippen LogP contribution in [0.25, 0.3) is 0 Å². The van der Waals surface area contributed by atoms with Gasteiger partial charge in [0.2, 0.25) is 0 Å². The molecule has 114 valence electrons. The maximum Gasteiger partial charge on any atom is 0.251 e. The van der Waals surface area contributed by atoms with Crippen molar-refractivity contribution in [2.45, 2.75) is 12.5 Å². The van der Waals surface area contributed by atoms with Crippen molar-refractivity contribution >= 4 is 16.7 Å². The van der Waals surface area contributed by atoms with Crippen LogP contribution < -0.4 is 14.8 Å². The maximum absolute atomic E-state index is 12.2. The second-order valence-corrected chi connectivity index (χ2v) is 6.36. The van der Waals surface area contributed by atoms with Crippen LogP contribution in [0.2, 0.25) is 0 Å². The van der Waals surface area contributed by atoms with Crippen molar-refractivity contribution in [2.24, 2.45) is 0 Å². The fraction of sp³-hybridized carbons (Fsp3) is 0.400. The number of ether oxygens (including phenoxy) is 2. The molecule has 1 N–H and O–H groups in total. The Balaban J connectivity index is 2.06. The lowest BCUT2D eigenvalue weighted by molar-refractivity contribution is 0.0940. The highest BCUT2D eigenvalue weighted by molar-refractivity contribution is 7.85. The van der Waals surface area contributed by atoms with E-state index in [0.717, 1.165) is 6.42 Å². The quantitative estimate of drug-likeness (QED) is 0.809. The second kappa shape index (κ2) is 7.26. The summed E-state index contributed by atoms with van der Waals surface area (Å²) in [4.78, 5) is 12.2. The molecule has 0 spiro atoms. The molecule has 2 rings (SSSR count). The zero-order valence-electron chi connectivity index (χ0n) is 12.0. The van der Waals surface area contributed by atoms with E-state index in [1.807, 2.05) is 0 Å². The zero-order chi connectivity index (χ0) is 15.2. The Bertz CT molecular complexity index is 559. The van der Waals surface area contributed by atoms with Gasteiger partial charge in [-0.3, -0.25) is 9.00 Å². The van der Waals surface area contributed by atoms with Crippen molar-refractivity contribution in [2.75, 3.05) is 25.2 Å². The average molecular weight is 309 g/mol. The SMILES string of the molecule is C=CCOc1ccc(C(=O)N[C@@H]2CC[S@@](=O)C2)cc1OC. The minimum absolute atomic E-state index is 0.0129. The first kappa shape index (κ1) is 15.6. The summed E-state index contributed by atoms with van der Waals surface area (Å²) in [7, 11) is 0.718. The Kier molecular flexibility index (Phi) is 5.38. The summed E-state index contributed by atoms with van der Waals surface area (Å²) in [6.07, 6.45) is 2.40. The van der Waals surface area contributed by atoms with Crippen LogP contribution in [0.1, 0.15) is 16.8 Å². The van der Waals surface area contributed by atoms with Gasteiger partial charge in [0, 0.05) is 33.9 Å². The van der Waals surface area contributed by atoms with Gasteiger partial charge in [0.25, 0.3) is 5.91 Å². The van der Waals surface area contributed by atoms with Gasteiger partial charge in [0.1, 0.15) is 6.61 Å². The normalized spacial score (nSPS) is 20.8. The van der Waals surface area contributed by atoms with E-state index in [9.17, 15) is 9.00 Å². The highest BCUT2D eigenvalue weighted by Crippen LogP contribution is 2.28. The largest absolute Gasteiger partial charge is 0.493 e. The van der Waals surface area contributed by atoms with Gasteiger partial charge in [-0.05, 0) is 24.6 Å². The summed E-state index contributed by atoms with van der Waals surface area (Å²) in [5.74, 6) is 2.06. The molecular weight excluding hydrogens is 290 g/mol. The van der Waals surface area contributed by atoms with Crippen LogP contribution in [0.5, 0.6) is 11.5 Å². The molecule has 0 radical (unpaired) electrons. The maximum atomic E-state index is 12.2. The lowest BCUT2D eigenvalue weighted by Crippen LogP contribution is -2.35. The lowest BCUT2D eigenvalue weighted by Gasteiger charge is -2.13. The Morgan fingerprint density at radius 2 is 2.33 bits per heavy atom. The van der Waals surface area contributed by atoms with E-state index >= 15 is 0 Å². The third-order valence-electron chi connectivity index (χ3n) is 3.20. The Morgan fingerprint density at radius 1 is 1.52 bits per heavy atom. The summed E-state index contributed by atoms with van der Waals surface area (Å²) in [6.45, 7) is 3.96. The molecule has 1 aromatic rings. The van der Waals surface area contributed by atoms with Gasteiger partial charge in [0.05, 0.1) is 7.11 Å². The number of benzene rings is 1. The van der Waals surface area contributed by atoms with E-state index in [-0.39, 0.29) is 11.9 Å². The summed E-state index contributed by atoms with van der Waals surface area (Å²) < 4.78 is 22.0. The number of nitrogens with one attached hydrogen (secondary N) is 1. The van der Waals surface area contributed by atoms with Crippen molar-refractivity contribution in [3.63, 3.8) is 0 Å². The highest BCUT2D eigenvalue weighted by Gasteiger charge is 2.23. The number of hydrogen-bond acceptors (Lipinski definition) is 4. The topological polar surface area (TPSA) is 64.6 Å². The first-order chi connectivity index (χ1) is 10.1. The summed E-state index contributed by atoms with van der Waals surface area (Å²) in [5.41, 5.74) is 0.496. The van der Waals surface area contributed by atoms with Crippen molar-refractivity contribution in [1.29, 1.82) is 0 Å². The summed E-state index contributed by atoms with van der Waals surface area (Å²) >= 11 is 0. The van der Waals surface area contributed by atoms with Crippen LogP contribution in [0.3, 0.4) is 0 Å².